The van der Waals surface area contributed by atoms with E-state index in [0.717, 1.165) is 0 Å². The van der Waals surface area contributed by atoms with Crippen molar-refractivity contribution in [3.05, 3.63) is 51.8 Å². The summed E-state index contributed by atoms with van der Waals surface area (Å²) in [6, 6.07) is 6.79. The van der Waals surface area contributed by atoms with E-state index in [9.17, 15) is 4.79 Å². The average molecular weight is 299 g/mol. The summed E-state index contributed by atoms with van der Waals surface area (Å²) < 4.78 is 0. The van der Waals surface area contributed by atoms with Gasteiger partial charge in [0.15, 0.2) is 10.9 Å². The SMILES string of the molecule is CSc1ncc(C(=O)c2ccccc2Cl)c(Cl)n1. The number of benzene rings is 1. The number of nitrogens with zero attached hydrogens (tertiary/aromatic N) is 2. The molecular formula is C12H8Cl2N2OS. The Labute approximate surface area is 119 Å². The van der Waals surface area contributed by atoms with Crippen molar-refractivity contribution in [2.45, 2.75) is 5.16 Å². The highest BCUT2D eigenvalue weighted by Gasteiger charge is 2.17. The van der Waals surface area contributed by atoms with Crippen molar-refractivity contribution in [3.63, 3.8) is 0 Å². The molecule has 0 fully saturated rings. The summed E-state index contributed by atoms with van der Waals surface area (Å²) in [4.78, 5) is 20.3. The van der Waals surface area contributed by atoms with Gasteiger partial charge in [0.05, 0.1) is 10.6 Å². The molecule has 0 amide bonds. The average Bonchev–Trinajstić information content (AvgIpc) is 2.38. The molecule has 92 valence electrons. The largest absolute Gasteiger partial charge is 0.288 e. The van der Waals surface area contributed by atoms with E-state index in [1.54, 1.807) is 24.3 Å². The molecule has 2 rings (SSSR count). The van der Waals surface area contributed by atoms with Gasteiger partial charge < -0.3 is 0 Å². The Balaban J connectivity index is 2.44. The van der Waals surface area contributed by atoms with Crippen LogP contribution in [0, 0.1) is 0 Å². The van der Waals surface area contributed by atoms with Crippen LogP contribution in [0.2, 0.25) is 10.2 Å². The van der Waals surface area contributed by atoms with Crippen molar-refractivity contribution in [3.8, 4) is 0 Å². The van der Waals surface area contributed by atoms with Crippen LogP contribution in [0.3, 0.4) is 0 Å². The summed E-state index contributed by atoms with van der Waals surface area (Å²) in [7, 11) is 0. The van der Waals surface area contributed by atoms with Gasteiger partial charge >= 0.3 is 0 Å². The number of halogens is 2. The van der Waals surface area contributed by atoms with Gasteiger partial charge in [-0.25, -0.2) is 9.97 Å². The van der Waals surface area contributed by atoms with Gasteiger partial charge in [0.2, 0.25) is 0 Å². The minimum Gasteiger partial charge on any atom is -0.288 e. The lowest BCUT2D eigenvalue weighted by Crippen LogP contribution is -2.05. The number of rotatable bonds is 3. The topological polar surface area (TPSA) is 42.9 Å². The van der Waals surface area contributed by atoms with Gasteiger partial charge in [0, 0.05) is 11.8 Å². The molecule has 1 heterocycles. The fraction of sp³-hybridized carbons (Fsp3) is 0.0833. The van der Waals surface area contributed by atoms with E-state index in [4.69, 9.17) is 23.2 Å². The van der Waals surface area contributed by atoms with E-state index in [1.807, 2.05) is 6.26 Å². The molecule has 3 nitrogen and oxygen atoms in total. The quantitative estimate of drug-likeness (QED) is 0.375. The van der Waals surface area contributed by atoms with E-state index in [0.29, 0.717) is 15.7 Å². The van der Waals surface area contributed by atoms with Crippen LogP contribution in [0.4, 0.5) is 0 Å². The highest BCUT2D eigenvalue weighted by molar-refractivity contribution is 7.98. The summed E-state index contributed by atoms with van der Waals surface area (Å²) in [5.41, 5.74) is 0.643. The Morgan fingerprint density at radius 1 is 1.22 bits per heavy atom. The summed E-state index contributed by atoms with van der Waals surface area (Å²) in [5, 5.41) is 1.04. The van der Waals surface area contributed by atoms with E-state index in [-0.39, 0.29) is 16.5 Å². The number of thioether (sulfide) groups is 1. The van der Waals surface area contributed by atoms with Gasteiger partial charge in [-0.3, -0.25) is 4.79 Å². The van der Waals surface area contributed by atoms with Crippen molar-refractivity contribution >= 4 is 40.7 Å². The highest BCUT2D eigenvalue weighted by atomic mass is 35.5. The summed E-state index contributed by atoms with van der Waals surface area (Å²) >= 11 is 13.3. The lowest BCUT2D eigenvalue weighted by Gasteiger charge is -2.05. The predicted molar refractivity (Wildman–Crippen MR) is 73.7 cm³/mol. The smallest absolute Gasteiger partial charge is 0.199 e. The normalized spacial score (nSPS) is 10.4. The first-order valence-corrected chi connectivity index (χ1v) is 6.97. The third-order valence-corrected chi connectivity index (χ3v) is 3.45. The minimum atomic E-state index is -0.279. The van der Waals surface area contributed by atoms with Crippen LogP contribution in [0.15, 0.2) is 35.6 Å². The van der Waals surface area contributed by atoms with Crippen molar-refractivity contribution in [1.29, 1.82) is 0 Å². The highest BCUT2D eigenvalue weighted by Crippen LogP contribution is 2.23. The summed E-state index contributed by atoms with van der Waals surface area (Å²) in [6.07, 6.45) is 3.26. The standard InChI is InChI=1S/C12H8Cl2N2OS/c1-18-12-15-6-8(11(14)16-12)10(17)7-4-2-3-5-9(7)13/h2-6H,1H3. The predicted octanol–water partition coefficient (Wildman–Crippen LogP) is 3.74. The molecule has 0 N–H and O–H groups in total. The molecule has 6 heteroatoms. The zero-order valence-electron chi connectivity index (χ0n) is 9.35. The molecule has 0 radical (unpaired) electrons. The Bertz CT molecular complexity index is 604. The van der Waals surface area contributed by atoms with Gasteiger partial charge in [0.1, 0.15) is 5.15 Å². The molecule has 0 unspecified atom stereocenters. The van der Waals surface area contributed by atoms with Crippen LogP contribution in [0.25, 0.3) is 0 Å². The molecule has 0 saturated heterocycles. The first kappa shape index (κ1) is 13.3. The fourth-order valence-corrected chi connectivity index (χ4v) is 2.21. The second-order valence-corrected chi connectivity index (χ2v) is 4.91. The third kappa shape index (κ3) is 2.66. The molecule has 0 atom stereocenters. The Hall–Kier alpha value is -1.10. The van der Waals surface area contributed by atoms with Crippen LogP contribution in [-0.4, -0.2) is 22.0 Å². The second-order valence-electron chi connectivity index (χ2n) is 3.37. The molecule has 0 spiro atoms. The fourth-order valence-electron chi connectivity index (χ4n) is 1.39. The van der Waals surface area contributed by atoms with Gasteiger partial charge in [-0.1, -0.05) is 47.1 Å². The van der Waals surface area contributed by atoms with E-state index < -0.39 is 0 Å². The number of carbonyl (C=O) groups excluding carboxylic acids is 1. The molecule has 0 bridgehead atoms. The van der Waals surface area contributed by atoms with Crippen LogP contribution < -0.4 is 0 Å². The Kier molecular flexibility index (Phi) is 4.22. The molecule has 2 aromatic rings. The first-order valence-electron chi connectivity index (χ1n) is 4.99. The molecule has 0 aliphatic carbocycles. The van der Waals surface area contributed by atoms with Crippen molar-refractivity contribution in [2.24, 2.45) is 0 Å². The molecule has 0 saturated carbocycles. The number of aromatic nitrogens is 2. The van der Waals surface area contributed by atoms with Crippen molar-refractivity contribution in [2.75, 3.05) is 6.26 Å². The summed E-state index contributed by atoms with van der Waals surface area (Å²) in [5.74, 6) is -0.279. The van der Waals surface area contributed by atoms with E-state index in [2.05, 4.69) is 9.97 Å². The van der Waals surface area contributed by atoms with Gasteiger partial charge in [-0.15, -0.1) is 0 Å². The van der Waals surface area contributed by atoms with Crippen molar-refractivity contribution < 1.29 is 4.79 Å². The third-order valence-electron chi connectivity index (χ3n) is 2.27. The second kappa shape index (κ2) is 5.69. The maximum absolute atomic E-state index is 12.2. The molecular weight excluding hydrogens is 291 g/mol. The maximum Gasteiger partial charge on any atom is 0.199 e. The van der Waals surface area contributed by atoms with E-state index >= 15 is 0 Å². The van der Waals surface area contributed by atoms with Crippen LogP contribution in [0.5, 0.6) is 0 Å². The minimum absolute atomic E-state index is 0.138. The molecule has 1 aromatic heterocycles. The number of ketones is 1. The Morgan fingerprint density at radius 3 is 2.56 bits per heavy atom. The molecule has 0 aliphatic rings. The van der Waals surface area contributed by atoms with Crippen LogP contribution >= 0.6 is 35.0 Å². The van der Waals surface area contributed by atoms with E-state index in [1.165, 1.54) is 18.0 Å². The summed E-state index contributed by atoms with van der Waals surface area (Å²) in [6.45, 7) is 0. The Morgan fingerprint density at radius 2 is 1.94 bits per heavy atom. The van der Waals surface area contributed by atoms with Gasteiger partial charge in [0.25, 0.3) is 0 Å². The van der Waals surface area contributed by atoms with Crippen molar-refractivity contribution in [1.82, 2.24) is 9.97 Å². The van der Waals surface area contributed by atoms with Gasteiger partial charge in [-0.2, -0.15) is 0 Å². The van der Waals surface area contributed by atoms with Crippen LogP contribution in [0.1, 0.15) is 15.9 Å². The zero-order chi connectivity index (χ0) is 13.1. The number of hydrogen-bond acceptors (Lipinski definition) is 4. The van der Waals surface area contributed by atoms with Gasteiger partial charge in [-0.05, 0) is 18.4 Å². The van der Waals surface area contributed by atoms with Crippen LogP contribution in [-0.2, 0) is 0 Å². The lowest BCUT2D eigenvalue weighted by atomic mass is 10.1. The number of hydrogen-bond donors (Lipinski definition) is 0. The molecule has 0 aliphatic heterocycles. The lowest BCUT2D eigenvalue weighted by molar-refractivity contribution is 0.103. The first-order chi connectivity index (χ1) is 8.63. The zero-order valence-corrected chi connectivity index (χ0v) is 11.7. The molecule has 18 heavy (non-hydrogen) atoms. The number of carbonyl (C=O) groups is 1. The molecule has 1 aromatic carbocycles. The maximum atomic E-state index is 12.2. The monoisotopic (exact) mass is 298 g/mol.